The summed E-state index contributed by atoms with van der Waals surface area (Å²) in [5, 5.41) is 62.6. The number of nitrogens with zero attached hydrogens (tertiary/aromatic N) is 2. The first-order valence-corrected chi connectivity index (χ1v) is 33.2. The van der Waals surface area contributed by atoms with E-state index in [0.29, 0.717) is 43.4 Å². The van der Waals surface area contributed by atoms with Crippen molar-refractivity contribution in [2.24, 2.45) is 23.3 Å². The summed E-state index contributed by atoms with van der Waals surface area (Å²) >= 11 is 1.34. The number of aromatic hydroxyl groups is 1. The number of benzene rings is 1. The number of amides is 12. The Kier molecular flexibility index (Phi) is 34.4. The molecule has 0 unspecified atom stereocenters. The van der Waals surface area contributed by atoms with Gasteiger partial charge in [0.05, 0.1) is 12.6 Å². The fraction of sp³-hybridized carbons (Fsp3) is 0.656. The van der Waals surface area contributed by atoms with Crippen molar-refractivity contribution in [3.63, 3.8) is 0 Å². The Morgan fingerprint density at radius 2 is 1.11 bits per heavy atom. The van der Waals surface area contributed by atoms with Crippen LogP contribution in [0.25, 0.3) is 0 Å². The van der Waals surface area contributed by atoms with E-state index >= 15 is 0 Å². The number of carbonyl (C=O) groups is 15. The van der Waals surface area contributed by atoms with Crippen LogP contribution in [-0.2, 0) is 78.3 Å². The van der Waals surface area contributed by atoms with Gasteiger partial charge < -0.3 is 94.9 Å². The molecule has 0 bridgehead atoms. The molecule has 3 rings (SSSR count). The second-order valence-electron chi connectivity index (χ2n) is 24.0. The number of hydrogen-bond donors (Lipinski definition) is 16. The highest BCUT2D eigenvalue weighted by atomic mass is 32.2. The summed E-state index contributed by atoms with van der Waals surface area (Å²) in [4.78, 5) is 201. The van der Waals surface area contributed by atoms with Crippen molar-refractivity contribution >= 4 is 101 Å². The molecule has 0 aromatic heterocycles. The number of phenols is 1. The van der Waals surface area contributed by atoms with E-state index in [2.05, 4.69) is 53.2 Å². The summed E-state index contributed by atoms with van der Waals surface area (Å²) in [6.07, 6.45) is 2.39. The second-order valence-corrected chi connectivity index (χ2v) is 25.0. The minimum absolute atomic E-state index is 0.0240. The summed E-state index contributed by atoms with van der Waals surface area (Å²) in [6.45, 7) is 8.37. The molecule has 0 radical (unpaired) electrons. The number of unbranched alkanes of at least 4 members (excludes halogenated alkanes) is 1. The quantitative estimate of drug-likeness (QED) is 0.0287. The molecule has 2 fully saturated rings. The predicted octanol–water partition coefficient (Wildman–Crippen LogP) is -3.21. The molecule has 2 heterocycles. The van der Waals surface area contributed by atoms with Crippen molar-refractivity contribution in [3.05, 3.63) is 29.8 Å². The van der Waals surface area contributed by atoms with Crippen LogP contribution < -0.4 is 64.6 Å². The van der Waals surface area contributed by atoms with Crippen molar-refractivity contribution in [1.29, 1.82) is 0 Å². The van der Waals surface area contributed by atoms with Crippen LogP contribution in [-0.4, -0.2) is 230 Å². The maximum Gasteiger partial charge on any atom is 0.322 e. The number of likely N-dealkylation sites (tertiary alicyclic amines) is 2. The minimum Gasteiger partial charge on any atom is -0.508 e. The SMILES string of the molecule is CC[C@H](C)[C@H](NC(=O)[C@@H]1CCCN1C(=O)[C@@H]1CCCN1C(=O)[C@H](C)NC(=O)[C@H](Cc1ccc(O)cc1)NC(=O)[C@H](CCSC)NC(=O)[C@H](C)NC(=O)[C@H](CCCCN)NC(=O)CNC(=O)[C@@H](NC(=O)[C@@H](N)CCC(=O)O)C(C)C)C(=O)N[C@@H](CCC(=O)O)C(=O)NCC(=O)O. The number of rotatable bonds is 41. The van der Waals surface area contributed by atoms with E-state index < -0.39 is 193 Å². The molecule has 0 spiro atoms. The zero-order chi connectivity index (χ0) is 71.2. The highest BCUT2D eigenvalue weighted by Gasteiger charge is 2.45. The standard InChI is InChI=1S/C61H96N14O19S/c1-8-33(4)50(59(92)70-40(21-23-47(80)81)53(86)65-31-48(82)83)73-57(90)43-14-11-26-74(43)61(94)44-15-12-27-75(44)60(93)35(6)67-56(89)42(29-36-16-18-37(76)19-17-36)71-55(88)41(24-28-95-7)69-51(84)34(5)66-54(87)39(13-9-10-25-62)68-45(77)30-64-58(91)49(32(2)3)72-52(85)38(63)20-22-46(78)79/h16-19,32-35,38-44,49-50,76H,8-15,20-31,62-63H2,1-7H3,(H,64,91)(H,65,86)(H,66,87)(H,67,89)(H,68,77)(H,69,84)(H,70,92)(H,71,88)(H,72,85)(H,73,90)(H,78,79)(H,80,81)(H,82,83)/t33-,34-,35-,38-,39-,40-,41-,42-,43-,44-,49-,50-/m0/s1. The fourth-order valence-electron chi connectivity index (χ4n) is 10.5. The molecule has 18 N–H and O–H groups in total. The first kappa shape index (κ1) is 80.6. The average Bonchev–Trinajstić information content (AvgIpc) is 1.69. The van der Waals surface area contributed by atoms with Gasteiger partial charge in [0.2, 0.25) is 70.9 Å². The lowest BCUT2D eigenvalue weighted by Gasteiger charge is -2.33. The van der Waals surface area contributed by atoms with E-state index in [1.807, 2.05) is 0 Å². The van der Waals surface area contributed by atoms with Crippen LogP contribution in [0, 0.1) is 11.8 Å². The fourth-order valence-corrected chi connectivity index (χ4v) is 10.9. The van der Waals surface area contributed by atoms with Gasteiger partial charge in [-0.25, -0.2) is 0 Å². The van der Waals surface area contributed by atoms with Crippen LogP contribution in [0.2, 0.25) is 0 Å². The van der Waals surface area contributed by atoms with Crippen molar-refractivity contribution in [2.75, 3.05) is 44.7 Å². The number of carboxylic acids is 3. The molecule has 0 saturated carbocycles. The smallest absolute Gasteiger partial charge is 0.322 e. The van der Waals surface area contributed by atoms with E-state index in [4.69, 9.17) is 21.7 Å². The Morgan fingerprint density at radius 3 is 1.71 bits per heavy atom. The number of thioether (sulfide) groups is 1. The van der Waals surface area contributed by atoms with Gasteiger partial charge in [0.25, 0.3) is 0 Å². The lowest BCUT2D eigenvalue weighted by molar-refractivity contribution is -0.148. The van der Waals surface area contributed by atoms with E-state index in [1.165, 1.54) is 59.7 Å². The van der Waals surface area contributed by atoms with Gasteiger partial charge in [0, 0.05) is 32.4 Å². The second kappa shape index (κ2) is 40.6. The van der Waals surface area contributed by atoms with Gasteiger partial charge >= 0.3 is 17.9 Å². The predicted molar refractivity (Wildman–Crippen MR) is 344 cm³/mol. The van der Waals surface area contributed by atoms with Crippen LogP contribution in [0.1, 0.15) is 131 Å². The Hall–Kier alpha value is -8.66. The van der Waals surface area contributed by atoms with Crippen molar-refractivity contribution in [1.82, 2.24) is 63.0 Å². The first-order chi connectivity index (χ1) is 44.8. The highest BCUT2D eigenvalue weighted by molar-refractivity contribution is 7.98. The van der Waals surface area contributed by atoms with Gasteiger partial charge in [-0.1, -0.05) is 46.2 Å². The van der Waals surface area contributed by atoms with Gasteiger partial charge in [-0.2, -0.15) is 11.8 Å². The van der Waals surface area contributed by atoms with Gasteiger partial charge in [-0.3, -0.25) is 71.9 Å². The van der Waals surface area contributed by atoms with E-state index in [-0.39, 0.29) is 70.3 Å². The molecule has 2 aliphatic heterocycles. The molecule has 530 valence electrons. The average molecular weight is 1360 g/mol. The normalized spacial score (nSPS) is 17.5. The monoisotopic (exact) mass is 1360 g/mol. The van der Waals surface area contributed by atoms with Gasteiger partial charge in [-0.05, 0) is 126 Å². The van der Waals surface area contributed by atoms with Gasteiger partial charge in [-0.15, -0.1) is 0 Å². The summed E-state index contributed by atoms with van der Waals surface area (Å²) in [6, 6.07) is -8.22. The third-order valence-electron chi connectivity index (χ3n) is 16.2. The maximum atomic E-state index is 14.5. The van der Waals surface area contributed by atoms with Crippen molar-refractivity contribution < 1.29 is 92.3 Å². The Bertz CT molecular complexity index is 2870. The Labute approximate surface area is 555 Å². The summed E-state index contributed by atoms with van der Waals surface area (Å²) in [5.74, 6) is -14.1. The van der Waals surface area contributed by atoms with E-state index in [0.717, 1.165) is 0 Å². The lowest BCUT2D eigenvalue weighted by Crippen LogP contribution is -2.60. The van der Waals surface area contributed by atoms with E-state index in [9.17, 15) is 82.1 Å². The number of nitrogens with one attached hydrogen (secondary N) is 10. The molecule has 12 atom stereocenters. The largest absolute Gasteiger partial charge is 0.508 e. The van der Waals surface area contributed by atoms with Gasteiger partial charge in [0.15, 0.2) is 0 Å². The molecule has 95 heavy (non-hydrogen) atoms. The number of carbonyl (C=O) groups excluding carboxylic acids is 12. The zero-order valence-corrected chi connectivity index (χ0v) is 55.6. The molecular formula is C61H96N14O19S. The number of nitrogens with two attached hydrogens (primary N) is 2. The molecule has 1 aromatic rings. The Balaban J connectivity index is 1.77. The first-order valence-electron chi connectivity index (χ1n) is 31.8. The van der Waals surface area contributed by atoms with Crippen LogP contribution >= 0.6 is 11.8 Å². The topological polar surface area (TPSA) is 516 Å². The molecular weight excluding hydrogens is 1260 g/mol. The van der Waals surface area contributed by atoms with Crippen molar-refractivity contribution in [2.45, 2.75) is 198 Å². The van der Waals surface area contributed by atoms with Gasteiger partial charge in [0.1, 0.15) is 72.7 Å². The molecule has 1 aromatic carbocycles. The molecule has 2 saturated heterocycles. The Morgan fingerprint density at radius 1 is 0.558 bits per heavy atom. The molecule has 0 aliphatic carbocycles. The maximum absolute atomic E-state index is 14.5. The molecule has 2 aliphatic rings. The highest BCUT2D eigenvalue weighted by Crippen LogP contribution is 2.27. The third kappa shape index (κ3) is 26.9. The third-order valence-corrected chi connectivity index (χ3v) is 16.8. The molecule has 33 nitrogen and oxygen atoms in total. The lowest BCUT2D eigenvalue weighted by atomic mass is 9.97. The number of hydrogen-bond acceptors (Lipinski definition) is 19. The zero-order valence-electron chi connectivity index (χ0n) is 54.8. The van der Waals surface area contributed by atoms with Crippen LogP contribution in [0.15, 0.2) is 24.3 Å². The molecule has 12 amide bonds. The van der Waals surface area contributed by atoms with Crippen molar-refractivity contribution in [3.8, 4) is 5.75 Å². The number of aliphatic carboxylic acids is 3. The summed E-state index contributed by atoms with van der Waals surface area (Å²) in [5.41, 5.74) is 12.0. The number of phenolic OH excluding ortho intramolecular Hbond substituents is 1. The van der Waals surface area contributed by atoms with Crippen LogP contribution in [0.4, 0.5) is 0 Å². The molecule has 34 heteroatoms. The summed E-state index contributed by atoms with van der Waals surface area (Å²) < 4.78 is 0. The minimum atomic E-state index is -1.47. The van der Waals surface area contributed by atoms with E-state index in [1.54, 1.807) is 34.0 Å². The van der Waals surface area contributed by atoms with Crippen LogP contribution in [0.5, 0.6) is 5.75 Å². The number of carboxylic acid groups (broad SMARTS) is 3. The summed E-state index contributed by atoms with van der Waals surface area (Å²) in [7, 11) is 0. The van der Waals surface area contributed by atoms with Crippen LogP contribution in [0.3, 0.4) is 0 Å².